The first-order valence-corrected chi connectivity index (χ1v) is 6.87. The molecule has 2 aromatic rings. The molecule has 2 N–H and O–H groups in total. The Hall–Kier alpha value is -2.96. The Bertz CT molecular complexity index is 781. The second-order valence-electron chi connectivity index (χ2n) is 5.11. The topological polar surface area (TPSA) is 82.3 Å². The van der Waals surface area contributed by atoms with E-state index in [4.69, 9.17) is 0 Å². The number of halogens is 1. The molecule has 0 aliphatic rings. The summed E-state index contributed by atoms with van der Waals surface area (Å²) in [5.74, 6) is -1.28. The van der Waals surface area contributed by atoms with Crippen LogP contribution < -0.4 is 10.9 Å². The number of hydrogen-bond donors (Lipinski definition) is 2. The quantitative estimate of drug-likeness (QED) is 0.897. The molecule has 0 aliphatic carbocycles. The summed E-state index contributed by atoms with van der Waals surface area (Å²) in [6.45, 7) is 1.42. The number of aryl methyl sites for hydroxylation is 1. The van der Waals surface area contributed by atoms with Crippen LogP contribution in [0.15, 0.2) is 41.3 Å². The van der Waals surface area contributed by atoms with Crippen molar-refractivity contribution in [2.24, 2.45) is 0 Å². The largest absolute Gasteiger partial charge is 0.332 e. The molecule has 0 saturated carbocycles. The molecule has 0 atom stereocenters. The Balaban J connectivity index is 1.98. The maximum atomic E-state index is 13.4. The lowest BCUT2D eigenvalue weighted by Crippen LogP contribution is -2.35. The smallest absolute Gasteiger partial charge is 0.255 e. The predicted molar refractivity (Wildman–Crippen MR) is 83.8 cm³/mol. The number of carbonyl (C=O) groups excluding carboxylic acids is 2. The zero-order valence-corrected chi connectivity index (χ0v) is 12.7. The van der Waals surface area contributed by atoms with Gasteiger partial charge in [-0.25, -0.2) is 4.39 Å². The van der Waals surface area contributed by atoms with Crippen LogP contribution in [0.3, 0.4) is 0 Å². The summed E-state index contributed by atoms with van der Waals surface area (Å²) in [4.78, 5) is 38.6. The van der Waals surface area contributed by atoms with Crippen molar-refractivity contribution in [2.75, 3.05) is 18.9 Å². The molecule has 0 spiro atoms. The molecular formula is C16H16FN3O3. The summed E-state index contributed by atoms with van der Waals surface area (Å²) in [6.07, 6.45) is 1.29. The molecule has 0 unspecified atom stereocenters. The molecule has 0 aliphatic heterocycles. The maximum absolute atomic E-state index is 13.4. The highest BCUT2D eigenvalue weighted by Gasteiger charge is 2.15. The monoisotopic (exact) mass is 317 g/mol. The van der Waals surface area contributed by atoms with E-state index in [-0.39, 0.29) is 17.7 Å². The van der Waals surface area contributed by atoms with Crippen LogP contribution in [-0.2, 0) is 4.79 Å². The van der Waals surface area contributed by atoms with Crippen LogP contribution >= 0.6 is 0 Å². The lowest BCUT2D eigenvalue weighted by Gasteiger charge is -2.16. The van der Waals surface area contributed by atoms with Gasteiger partial charge in [-0.3, -0.25) is 14.4 Å². The molecule has 0 radical (unpaired) electrons. The third-order valence-corrected chi connectivity index (χ3v) is 3.21. The molecule has 23 heavy (non-hydrogen) atoms. The van der Waals surface area contributed by atoms with Crippen LogP contribution in [0.1, 0.15) is 15.9 Å². The summed E-state index contributed by atoms with van der Waals surface area (Å²) in [7, 11) is 1.46. The third kappa shape index (κ3) is 4.26. The number of aromatic amines is 1. The molecular weight excluding hydrogens is 301 g/mol. The first kappa shape index (κ1) is 16.4. The van der Waals surface area contributed by atoms with Crippen molar-refractivity contribution in [1.29, 1.82) is 0 Å². The van der Waals surface area contributed by atoms with Crippen LogP contribution in [0.25, 0.3) is 0 Å². The Morgan fingerprint density at radius 1 is 1.26 bits per heavy atom. The lowest BCUT2D eigenvalue weighted by molar-refractivity contribution is -0.116. The number of likely N-dealkylation sites (N-methyl/N-ethyl adjacent to an activating group) is 1. The molecule has 1 aromatic carbocycles. The molecule has 2 rings (SSSR count). The first-order valence-electron chi connectivity index (χ1n) is 6.87. The molecule has 0 fully saturated rings. The minimum Gasteiger partial charge on any atom is -0.332 e. The van der Waals surface area contributed by atoms with Crippen molar-refractivity contribution in [2.45, 2.75) is 6.92 Å². The van der Waals surface area contributed by atoms with E-state index >= 15 is 0 Å². The van der Waals surface area contributed by atoms with Crippen LogP contribution in [0.2, 0.25) is 0 Å². The predicted octanol–water partition coefficient (Wildman–Crippen LogP) is 1.53. The van der Waals surface area contributed by atoms with Crippen LogP contribution in [0.5, 0.6) is 0 Å². The number of H-pyrrole nitrogens is 1. The number of benzene rings is 1. The number of carbonyl (C=O) groups is 2. The highest BCUT2D eigenvalue weighted by molar-refractivity contribution is 5.99. The van der Waals surface area contributed by atoms with Gasteiger partial charge in [-0.15, -0.1) is 0 Å². The Kier molecular flexibility index (Phi) is 4.90. The fourth-order valence-corrected chi connectivity index (χ4v) is 1.92. The summed E-state index contributed by atoms with van der Waals surface area (Å²) < 4.78 is 13.4. The molecule has 1 aromatic heterocycles. The van der Waals surface area contributed by atoms with E-state index in [0.29, 0.717) is 11.3 Å². The zero-order valence-electron chi connectivity index (χ0n) is 12.7. The highest BCUT2D eigenvalue weighted by Crippen LogP contribution is 2.13. The van der Waals surface area contributed by atoms with Gasteiger partial charge in [0.1, 0.15) is 5.82 Å². The maximum Gasteiger partial charge on any atom is 0.255 e. The molecule has 6 nitrogen and oxygen atoms in total. The molecule has 2 amide bonds. The van der Waals surface area contributed by atoms with Crippen molar-refractivity contribution in [3.05, 3.63) is 63.8 Å². The van der Waals surface area contributed by atoms with Crippen molar-refractivity contribution in [3.8, 4) is 0 Å². The average Bonchev–Trinajstić information content (AvgIpc) is 2.51. The van der Waals surface area contributed by atoms with Gasteiger partial charge in [-0.1, -0.05) is 6.07 Å². The summed E-state index contributed by atoms with van der Waals surface area (Å²) in [6, 6.07) is 6.97. The van der Waals surface area contributed by atoms with Gasteiger partial charge in [0.2, 0.25) is 11.5 Å². The van der Waals surface area contributed by atoms with Crippen molar-refractivity contribution >= 4 is 17.5 Å². The van der Waals surface area contributed by atoms with E-state index in [0.717, 1.165) is 0 Å². The van der Waals surface area contributed by atoms with Gasteiger partial charge in [-0.05, 0) is 30.7 Å². The summed E-state index contributed by atoms with van der Waals surface area (Å²) in [5, 5.41) is 2.53. The van der Waals surface area contributed by atoms with Gasteiger partial charge in [0.25, 0.3) is 5.91 Å². The van der Waals surface area contributed by atoms with Crippen molar-refractivity contribution < 1.29 is 14.0 Å². The minimum absolute atomic E-state index is 0.201. The number of rotatable bonds is 4. The summed E-state index contributed by atoms with van der Waals surface area (Å²) in [5.41, 5.74) is 0.751. The van der Waals surface area contributed by atoms with E-state index in [1.165, 1.54) is 36.3 Å². The second-order valence-corrected chi connectivity index (χ2v) is 5.11. The lowest BCUT2D eigenvalue weighted by atomic mass is 10.2. The standard InChI is InChI=1S/C16H16FN3O3/c1-10-3-5-12(7-13(10)17)19-15(22)9-20(2)16(23)11-4-6-14(21)18-8-11/h3-8H,9H2,1-2H3,(H,18,21)(H,19,22). The van der Waals surface area contributed by atoms with E-state index in [1.54, 1.807) is 19.1 Å². The number of pyridine rings is 1. The van der Waals surface area contributed by atoms with E-state index in [9.17, 15) is 18.8 Å². The van der Waals surface area contributed by atoms with Gasteiger partial charge in [0, 0.05) is 25.0 Å². The Morgan fingerprint density at radius 3 is 2.61 bits per heavy atom. The van der Waals surface area contributed by atoms with Crippen LogP contribution in [0.4, 0.5) is 10.1 Å². The van der Waals surface area contributed by atoms with Gasteiger partial charge >= 0.3 is 0 Å². The fourth-order valence-electron chi connectivity index (χ4n) is 1.92. The first-order chi connectivity index (χ1) is 10.9. The second kappa shape index (κ2) is 6.87. The van der Waals surface area contributed by atoms with Crippen LogP contribution in [0, 0.1) is 12.7 Å². The fraction of sp³-hybridized carbons (Fsp3) is 0.188. The highest BCUT2D eigenvalue weighted by atomic mass is 19.1. The molecule has 120 valence electrons. The molecule has 0 bridgehead atoms. The zero-order chi connectivity index (χ0) is 17.0. The number of nitrogens with one attached hydrogen (secondary N) is 2. The number of amides is 2. The SMILES string of the molecule is Cc1ccc(NC(=O)CN(C)C(=O)c2ccc(=O)[nH]c2)cc1F. The molecule has 1 heterocycles. The van der Waals surface area contributed by atoms with Crippen LogP contribution in [-0.4, -0.2) is 35.3 Å². The van der Waals surface area contributed by atoms with Gasteiger partial charge in [0.15, 0.2) is 0 Å². The van der Waals surface area contributed by atoms with Gasteiger partial charge in [-0.2, -0.15) is 0 Å². The number of hydrogen-bond acceptors (Lipinski definition) is 3. The number of aromatic nitrogens is 1. The van der Waals surface area contributed by atoms with E-state index in [2.05, 4.69) is 10.3 Å². The van der Waals surface area contributed by atoms with Gasteiger partial charge < -0.3 is 15.2 Å². The van der Waals surface area contributed by atoms with E-state index < -0.39 is 17.6 Å². The van der Waals surface area contributed by atoms with E-state index in [1.807, 2.05) is 0 Å². The Morgan fingerprint density at radius 2 is 2.00 bits per heavy atom. The van der Waals surface area contributed by atoms with Gasteiger partial charge in [0.05, 0.1) is 12.1 Å². The minimum atomic E-state index is -0.450. The van der Waals surface area contributed by atoms with Crippen molar-refractivity contribution in [3.63, 3.8) is 0 Å². The third-order valence-electron chi connectivity index (χ3n) is 3.21. The number of nitrogens with zero attached hydrogens (tertiary/aromatic N) is 1. The average molecular weight is 317 g/mol. The Labute approximate surface area is 131 Å². The normalized spacial score (nSPS) is 10.2. The van der Waals surface area contributed by atoms with Crippen molar-refractivity contribution in [1.82, 2.24) is 9.88 Å². The molecule has 7 heteroatoms. The molecule has 0 saturated heterocycles. The summed E-state index contributed by atoms with van der Waals surface area (Å²) >= 11 is 0. The number of anilines is 1.